The van der Waals surface area contributed by atoms with E-state index in [0.29, 0.717) is 66.4 Å². The van der Waals surface area contributed by atoms with Gasteiger partial charge < -0.3 is 24.4 Å². The molecule has 1 unspecified atom stereocenters. The van der Waals surface area contributed by atoms with Crippen molar-refractivity contribution >= 4 is 51.5 Å². The Morgan fingerprint density at radius 3 is 2.66 bits per heavy atom. The highest BCUT2D eigenvalue weighted by Gasteiger charge is 2.43. The van der Waals surface area contributed by atoms with Crippen molar-refractivity contribution in [2.45, 2.75) is 18.9 Å². The van der Waals surface area contributed by atoms with E-state index in [9.17, 15) is 9.18 Å². The third kappa shape index (κ3) is 5.36. The van der Waals surface area contributed by atoms with Gasteiger partial charge in [0, 0.05) is 31.7 Å². The number of methoxy groups -OCH3 is 1. The molecule has 0 radical (unpaired) electrons. The lowest BCUT2D eigenvalue weighted by Gasteiger charge is -2.21. The smallest absolute Gasteiger partial charge is 0.245 e. The van der Waals surface area contributed by atoms with Gasteiger partial charge >= 0.3 is 0 Å². The lowest BCUT2D eigenvalue weighted by Crippen LogP contribution is -2.29. The fourth-order valence-corrected chi connectivity index (χ4v) is 5.49. The Bertz CT molecular complexity index is 1360. The van der Waals surface area contributed by atoms with Crippen LogP contribution in [0.3, 0.4) is 0 Å². The minimum atomic E-state index is -0.677. The van der Waals surface area contributed by atoms with Crippen LogP contribution < -0.4 is 14.8 Å². The second-order valence-corrected chi connectivity index (χ2v) is 10.2. The molecule has 2 heterocycles. The van der Waals surface area contributed by atoms with E-state index >= 15 is 0 Å². The third-order valence-electron chi connectivity index (χ3n) is 7.02. The standard InChI is InChI=1S/C27H27Cl2FN4O4/c1-3-24(35)34-12-15-8-17(9-16(15)13-34)38-23-10-18-21(11-22(23)37-7-6-36-2)31-14-32-27(18)33-20-5-4-19(28)25(29)26(20)30/h3-5,10-11,14-17H,1,6-9,12-13H2,2H3,(H,31,32,33)/t15-,16+,17?. The number of fused-ring (bicyclic) bond motifs is 2. The quantitative estimate of drug-likeness (QED) is 0.205. The number of hydrogen-bond acceptors (Lipinski definition) is 7. The Morgan fingerprint density at radius 2 is 1.95 bits per heavy atom. The number of carbonyl (C=O) groups is 1. The third-order valence-corrected chi connectivity index (χ3v) is 7.80. The van der Waals surface area contributed by atoms with Gasteiger partial charge in [-0.05, 0) is 49.0 Å². The fraction of sp³-hybridized carbons (Fsp3) is 0.370. The number of amides is 1. The second-order valence-electron chi connectivity index (χ2n) is 9.41. The van der Waals surface area contributed by atoms with Crippen LogP contribution in [0.15, 0.2) is 43.2 Å². The van der Waals surface area contributed by atoms with Gasteiger partial charge in [-0.15, -0.1) is 0 Å². The van der Waals surface area contributed by atoms with Gasteiger partial charge in [0.2, 0.25) is 5.91 Å². The van der Waals surface area contributed by atoms with Gasteiger partial charge in [-0.2, -0.15) is 0 Å². The number of rotatable bonds is 9. The van der Waals surface area contributed by atoms with Gasteiger partial charge in [0.25, 0.3) is 0 Å². The maximum Gasteiger partial charge on any atom is 0.245 e. The molecule has 1 aliphatic carbocycles. The Morgan fingerprint density at radius 1 is 1.18 bits per heavy atom. The number of nitrogens with one attached hydrogen (secondary N) is 1. The van der Waals surface area contributed by atoms with Crippen LogP contribution in [0.1, 0.15) is 12.8 Å². The molecule has 1 aromatic heterocycles. The summed E-state index contributed by atoms with van der Waals surface area (Å²) in [5, 5.41) is 3.56. The Hall–Kier alpha value is -3.14. The summed E-state index contributed by atoms with van der Waals surface area (Å²) in [7, 11) is 1.60. The summed E-state index contributed by atoms with van der Waals surface area (Å²) in [5.41, 5.74) is 0.717. The molecule has 2 fully saturated rings. The molecule has 1 saturated carbocycles. The summed E-state index contributed by atoms with van der Waals surface area (Å²) in [6.45, 7) is 5.75. The van der Waals surface area contributed by atoms with Gasteiger partial charge in [0.05, 0.1) is 34.0 Å². The first-order valence-electron chi connectivity index (χ1n) is 12.3. The van der Waals surface area contributed by atoms with Crippen LogP contribution in [0.5, 0.6) is 11.5 Å². The molecule has 1 aliphatic heterocycles. The van der Waals surface area contributed by atoms with Crippen LogP contribution in [-0.2, 0) is 9.53 Å². The molecule has 5 rings (SSSR count). The summed E-state index contributed by atoms with van der Waals surface area (Å²) in [6.07, 6.45) is 4.36. The summed E-state index contributed by atoms with van der Waals surface area (Å²) >= 11 is 11.9. The molecule has 3 atom stereocenters. The highest BCUT2D eigenvalue weighted by Crippen LogP contribution is 2.43. The number of ether oxygens (including phenoxy) is 3. The molecule has 3 aromatic rings. The molecule has 2 aliphatic rings. The molecular weight excluding hydrogens is 534 g/mol. The van der Waals surface area contributed by atoms with E-state index in [4.69, 9.17) is 37.4 Å². The van der Waals surface area contributed by atoms with Gasteiger partial charge in [-0.1, -0.05) is 29.8 Å². The normalized spacial score (nSPS) is 20.4. The van der Waals surface area contributed by atoms with Crippen LogP contribution in [-0.4, -0.2) is 60.3 Å². The van der Waals surface area contributed by atoms with Crippen molar-refractivity contribution in [3.8, 4) is 11.5 Å². The van der Waals surface area contributed by atoms with Crippen molar-refractivity contribution in [2.75, 3.05) is 38.7 Å². The highest BCUT2D eigenvalue weighted by atomic mass is 35.5. The molecule has 1 amide bonds. The Kier molecular flexibility index (Phi) is 7.88. The van der Waals surface area contributed by atoms with Crippen molar-refractivity contribution in [1.82, 2.24) is 14.9 Å². The minimum absolute atomic E-state index is 0.0290. The number of benzene rings is 2. The summed E-state index contributed by atoms with van der Waals surface area (Å²) < 4.78 is 32.3. The van der Waals surface area contributed by atoms with Crippen molar-refractivity contribution in [2.24, 2.45) is 11.8 Å². The number of anilines is 2. The maximum atomic E-state index is 14.7. The summed E-state index contributed by atoms with van der Waals surface area (Å²) in [4.78, 5) is 22.6. The van der Waals surface area contributed by atoms with Gasteiger partial charge in [-0.3, -0.25) is 4.79 Å². The van der Waals surface area contributed by atoms with Gasteiger partial charge in [-0.25, -0.2) is 14.4 Å². The topological polar surface area (TPSA) is 85.8 Å². The zero-order chi connectivity index (χ0) is 26.8. The van der Waals surface area contributed by atoms with Crippen molar-refractivity contribution in [3.63, 3.8) is 0 Å². The zero-order valence-corrected chi connectivity index (χ0v) is 22.3. The average Bonchev–Trinajstić information content (AvgIpc) is 3.48. The number of hydrogen-bond donors (Lipinski definition) is 1. The predicted octanol–water partition coefficient (Wildman–Crippen LogP) is 5.65. The van der Waals surface area contributed by atoms with Gasteiger partial charge in [0.1, 0.15) is 18.8 Å². The lowest BCUT2D eigenvalue weighted by molar-refractivity contribution is -0.125. The number of likely N-dealkylation sites (tertiary alicyclic amines) is 1. The molecular formula is C27H27Cl2FN4O4. The molecule has 2 aromatic carbocycles. The van der Waals surface area contributed by atoms with E-state index in [1.54, 1.807) is 19.2 Å². The van der Waals surface area contributed by atoms with E-state index in [1.165, 1.54) is 24.5 Å². The lowest BCUT2D eigenvalue weighted by atomic mass is 10.0. The molecule has 11 heteroatoms. The molecule has 200 valence electrons. The first-order chi connectivity index (χ1) is 18.4. The largest absolute Gasteiger partial charge is 0.487 e. The SMILES string of the molecule is C=CC(=O)N1C[C@H]2CC(Oc3cc4c(Nc5ccc(Cl)c(Cl)c5F)ncnc4cc3OCCOC)C[C@H]2C1. The van der Waals surface area contributed by atoms with Crippen LogP contribution in [0.2, 0.25) is 10.0 Å². The van der Waals surface area contributed by atoms with Crippen LogP contribution in [0.25, 0.3) is 10.9 Å². The minimum Gasteiger partial charge on any atom is -0.487 e. The molecule has 0 bridgehead atoms. The first kappa shape index (κ1) is 26.5. The maximum absolute atomic E-state index is 14.7. The van der Waals surface area contributed by atoms with E-state index < -0.39 is 5.82 Å². The molecule has 0 spiro atoms. The van der Waals surface area contributed by atoms with E-state index in [1.807, 2.05) is 4.90 Å². The van der Waals surface area contributed by atoms with Crippen LogP contribution in [0, 0.1) is 17.7 Å². The number of nitrogens with zero attached hydrogens (tertiary/aromatic N) is 3. The molecule has 38 heavy (non-hydrogen) atoms. The number of aromatic nitrogens is 2. The summed E-state index contributed by atoms with van der Waals surface area (Å²) in [6, 6.07) is 6.58. The molecule has 1 N–H and O–H groups in total. The monoisotopic (exact) mass is 560 g/mol. The molecule has 1 saturated heterocycles. The number of halogens is 3. The van der Waals surface area contributed by atoms with Crippen LogP contribution in [0.4, 0.5) is 15.9 Å². The average molecular weight is 561 g/mol. The second kappa shape index (κ2) is 11.3. The zero-order valence-electron chi connectivity index (χ0n) is 20.8. The van der Waals surface area contributed by atoms with E-state index in [-0.39, 0.29) is 27.7 Å². The molecule has 8 nitrogen and oxygen atoms in total. The fourth-order valence-electron chi connectivity index (χ4n) is 5.18. The summed E-state index contributed by atoms with van der Waals surface area (Å²) in [5.74, 6) is 1.48. The van der Waals surface area contributed by atoms with Crippen molar-refractivity contribution in [3.05, 3.63) is 59.1 Å². The Labute approximate surface area is 229 Å². The number of carbonyl (C=O) groups excluding carboxylic acids is 1. The van der Waals surface area contributed by atoms with E-state index in [2.05, 4.69) is 21.9 Å². The van der Waals surface area contributed by atoms with Gasteiger partial charge in [0.15, 0.2) is 17.3 Å². The first-order valence-corrected chi connectivity index (χ1v) is 13.0. The predicted molar refractivity (Wildman–Crippen MR) is 144 cm³/mol. The van der Waals surface area contributed by atoms with Crippen LogP contribution >= 0.6 is 23.2 Å². The van der Waals surface area contributed by atoms with E-state index in [0.717, 1.165) is 12.8 Å². The highest BCUT2D eigenvalue weighted by molar-refractivity contribution is 6.42. The van der Waals surface area contributed by atoms with Crippen molar-refractivity contribution in [1.29, 1.82) is 0 Å². The Balaban J connectivity index is 1.42. The van der Waals surface area contributed by atoms with Crippen molar-refractivity contribution < 1.29 is 23.4 Å².